The largest absolute Gasteiger partial charge is 0.491 e. The molecule has 1 aromatic heterocycles. The molecule has 0 aliphatic carbocycles. The quantitative estimate of drug-likeness (QED) is 0.179. The first-order valence-electron chi connectivity index (χ1n) is 12.6. The lowest BCUT2D eigenvalue weighted by molar-refractivity contribution is -0.123. The molecule has 1 saturated heterocycles. The van der Waals surface area contributed by atoms with Crippen LogP contribution in [0.1, 0.15) is 43.5 Å². The summed E-state index contributed by atoms with van der Waals surface area (Å²) in [6.07, 6.45) is 3.96. The number of amides is 1. The fourth-order valence-corrected chi connectivity index (χ4v) is 5.86. The zero-order valence-electron chi connectivity index (χ0n) is 21.8. The van der Waals surface area contributed by atoms with E-state index < -0.39 is 0 Å². The number of carbonyl (C=O) groups is 1. The second kappa shape index (κ2) is 11.0. The number of hydrogen-bond donors (Lipinski definition) is 0. The number of benzene rings is 3. The first-order valence-corrected chi connectivity index (χ1v) is 13.8. The van der Waals surface area contributed by atoms with Crippen molar-refractivity contribution in [3.63, 3.8) is 0 Å². The van der Waals surface area contributed by atoms with Gasteiger partial charge >= 0.3 is 0 Å². The number of thiocarbonyl (C=S) groups is 1. The summed E-state index contributed by atoms with van der Waals surface area (Å²) in [6, 6.07) is 25.8. The van der Waals surface area contributed by atoms with Crippen molar-refractivity contribution in [3.05, 3.63) is 107 Å². The maximum atomic E-state index is 13.6. The number of thioether (sulfide) groups is 1. The first kappa shape index (κ1) is 25.9. The Morgan fingerprint density at radius 1 is 0.974 bits per heavy atom. The molecule has 4 aromatic rings. The number of ether oxygens (including phenoxy) is 1. The third-order valence-corrected chi connectivity index (χ3v) is 7.68. The predicted molar refractivity (Wildman–Crippen MR) is 159 cm³/mol. The van der Waals surface area contributed by atoms with Gasteiger partial charge in [-0.05, 0) is 75.2 Å². The molecule has 0 saturated carbocycles. The van der Waals surface area contributed by atoms with Crippen molar-refractivity contribution in [3.8, 4) is 22.7 Å². The zero-order valence-corrected chi connectivity index (χ0v) is 23.4. The number of para-hydroxylation sites is 1. The Kier molecular flexibility index (Phi) is 7.49. The van der Waals surface area contributed by atoms with Gasteiger partial charge in [0.15, 0.2) is 0 Å². The number of carbonyl (C=O) groups excluding carboxylic acids is 1. The number of rotatable bonds is 7. The van der Waals surface area contributed by atoms with Gasteiger partial charge in [0.1, 0.15) is 15.8 Å². The van der Waals surface area contributed by atoms with E-state index in [1.165, 1.54) is 11.8 Å². The van der Waals surface area contributed by atoms with Gasteiger partial charge in [0, 0.05) is 17.3 Å². The summed E-state index contributed by atoms with van der Waals surface area (Å²) >= 11 is 6.99. The van der Waals surface area contributed by atoms with Crippen LogP contribution in [0.3, 0.4) is 0 Å². The van der Waals surface area contributed by atoms with Crippen LogP contribution in [-0.4, -0.2) is 31.0 Å². The lowest BCUT2D eigenvalue weighted by Crippen LogP contribution is -2.30. The molecule has 2 heterocycles. The lowest BCUT2D eigenvalue weighted by atomic mass is 10.0. The normalized spacial score (nSPS) is 15.5. The van der Waals surface area contributed by atoms with Crippen LogP contribution < -0.4 is 4.74 Å². The van der Waals surface area contributed by atoms with Gasteiger partial charge in [-0.1, -0.05) is 72.5 Å². The molecule has 0 N–H and O–H groups in total. The van der Waals surface area contributed by atoms with Crippen molar-refractivity contribution >= 4 is 40.3 Å². The highest BCUT2D eigenvalue weighted by atomic mass is 32.2. The van der Waals surface area contributed by atoms with Gasteiger partial charge in [-0.25, -0.2) is 4.68 Å². The van der Waals surface area contributed by atoms with Gasteiger partial charge in [0.2, 0.25) is 0 Å². The second-order valence-electron chi connectivity index (χ2n) is 9.50. The Labute approximate surface area is 233 Å². The number of aryl methyl sites for hydroxylation is 1. The number of aromatic nitrogens is 2. The molecule has 1 atom stereocenters. The average Bonchev–Trinajstić information content (AvgIpc) is 3.46. The molecule has 0 spiro atoms. The van der Waals surface area contributed by atoms with Crippen LogP contribution in [0.4, 0.5) is 0 Å². The van der Waals surface area contributed by atoms with Crippen LogP contribution >= 0.6 is 24.0 Å². The molecular weight excluding hydrogens is 510 g/mol. The molecule has 1 unspecified atom stereocenters. The van der Waals surface area contributed by atoms with E-state index >= 15 is 0 Å². The van der Waals surface area contributed by atoms with Crippen LogP contribution in [0.25, 0.3) is 23.0 Å². The minimum atomic E-state index is -0.155. The summed E-state index contributed by atoms with van der Waals surface area (Å²) in [5.41, 5.74) is 5.59. The van der Waals surface area contributed by atoms with Crippen LogP contribution in [0.2, 0.25) is 0 Å². The van der Waals surface area contributed by atoms with E-state index in [4.69, 9.17) is 22.1 Å². The molecule has 192 valence electrons. The molecule has 5 nitrogen and oxygen atoms in total. The van der Waals surface area contributed by atoms with Crippen molar-refractivity contribution < 1.29 is 9.53 Å². The highest BCUT2D eigenvalue weighted by Gasteiger charge is 2.36. The van der Waals surface area contributed by atoms with Crippen molar-refractivity contribution in [2.24, 2.45) is 0 Å². The minimum Gasteiger partial charge on any atom is -0.491 e. The smallest absolute Gasteiger partial charge is 0.266 e. The van der Waals surface area contributed by atoms with Gasteiger partial charge in [-0.15, -0.1) is 0 Å². The Morgan fingerprint density at radius 2 is 1.66 bits per heavy atom. The topological polar surface area (TPSA) is 47.4 Å². The molecule has 5 rings (SSSR count). The molecule has 1 fully saturated rings. The first-order chi connectivity index (χ1) is 18.3. The average molecular weight is 540 g/mol. The predicted octanol–water partition coefficient (Wildman–Crippen LogP) is 7.60. The molecule has 0 bridgehead atoms. The molecule has 0 radical (unpaired) electrons. The fourth-order valence-electron chi connectivity index (χ4n) is 4.45. The molecule has 3 aromatic carbocycles. The van der Waals surface area contributed by atoms with E-state index in [2.05, 4.69) is 6.07 Å². The van der Waals surface area contributed by atoms with E-state index in [1.807, 2.05) is 117 Å². The van der Waals surface area contributed by atoms with Crippen molar-refractivity contribution in [1.82, 2.24) is 14.7 Å². The summed E-state index contributed by atoms with van der Waals surface area (Å²) < 4.78 is 8.35. The molecular formula is C31H29N3O2S2. The highest BCUT2D eigenvalue weighted by Crippen LogP contribution is 2.39. The van der Waals surface area contributed by atoms with Gasteiger partial charge in [0.05, 0.1) is 22.7 Å². The Hall–Kier alpha value is -3.68. The summed E-state index contributed by atoms with van der Waals surface area (Å²) in [5.74, 6) is 0.759. The van der Waals surface area contributed by atoms with Crippen molar-refractivity contribution in [2.75, 3.05) is 0 Å². The van der Waals surface area contributed by atoms with E-state index in [0.717, 1.165) is 39.4 Å². The van der Waals surface area contributed by atoms with Crippen LogP contribution in [0.15, 0.2) is 90.0 Å². The highest BCUT2D eigenvalue weighted by molar-refractivity contribution is 8.26. The Bertz CT molecular complexity index is 1510. The summed E-state index contributed by atoms with van der Waals surface area (Å²) in [5, 5.41) is 4.93. The van der Waals surface area contributed by atoms with Crippen LogP contribution in [0.5, 0.6) is 5.75 Å². The molecule has 1 aliphatic rings. The second-order valence-corrected chi connectivity index (χ2v) is 11.2. The molecule has 38 heavy (non-hydrogen) atoms. The maximum absolute atomic E-state index is 13.6. The van der Waals surface area contributed by atoms with E-state index in [9.17, 15) is 4.79 Å². The Balaban J connectivity index is 1.55. The molecule has 7 heteroatoms. The van der Waals surface area contributed by atoms with Gasteiger partial charge in [-0.3, -0.25) is 9.69 Å². The standard InChI is InChI=1S/C31H29N3O2S2/c1-20(2)36-27-16-15-24(17-21(27)3)29-25(19-33(32-29)26-13-9-6-10-14-26)18-28-30(35)34(31(37)38-28)22(4)23-11-7-5-8-12-23/h5-20,22H,1-4H3/b28-18-. The third-order valence-electron chi connectivity index (χ3n) is 6.35. The van der Waals surface area contributed by atoms with E-state index in [-0.39, 0.29) is 18.1 Å². The maximum Gasteiger partial charge on any atom is 0.266 e. The summed E-state index contributed by atoms with van der Waals surface area (Å²) in [6.45, 7) is 8.07. The Morgan fingerprint density at radius 3 is 2.32 bits per heavy atom. The third kappa shape index (κ3) is 5.30. The van der Waals surface area contributed by atoms with Crippen LogP contribution in [0, 0.1) is 6.92 Å². The molecule has 1 amide bonds. The van der Waals surface area contributed by atoms with E-state index in [0.29, 0.717) is 9.23 Å². The van der Waals surface area contributed by atoms with Crippen LogP contribution in [-0.2, 0) is 4.79 Å². The summed E-state index contributed by atoms with van der Waals surface area (Å²) in [4.78, 5) is 15.9. The fraction of sp³-hybridized carbons (Fsp3) is 0.194. The van der Waals surface area contributed by atoms with Crippen molar-refractivity contribution in [1.29, 1.82) is 0 Å². The molecule has 1 aliphatic heterocycles. The summed E-state index contributed by atoms with van der Waals surface area (Å²) in [7, 11) is 0. The van der Waals surface area contributed by atoms with Gasteiger partial charge < -0.3 is 4.74 Å². The minimum absolute atomic E-state index is 0.0904. The SMILES string of the molecule is Cc1cc(-c2nn(-c3ccccc3)cc2/C=C2\SC(=S)N(C(C)c3ccccc3)C2=O)ccc1OC(C)C. The van der Waals surface area contributed by atoms with Gasteiger partial charge in [-0.2, -0.15) is 5.10 Å². The lowest BCUT2D eigenvalue weighted by Gasteiger charge is -2.23. The van der Waals surface area contributed by atoms with E-state index in [1.54, 1.807) is 4.90 Å². The monoisotopic (exact) mass is 539 g/mol. The van der Waals surface area contributed by atoms with Gasteiger partial charge in [0.25, 0.3) is 5.91 Å². The number of hydrogen-bond acceptors (Lipinski definition) is 5. The zero-order chi connectivity index (χ0) is 26.8. The number of nitrogens with zero attached hydrogens (tertiary/aromatic N) is 3. The van der Waals surface area contributed by atoms with Crippen molar-refractivity contribution in [2.45, 2.75) is 39.8 Å².